The molecule has 184 valence electrons. The molecular formula is C25H25FN8O2. The van der Waals surface area contributed by atoms with Crippen LogP contribution in [0.5, 0.6) is 0 Å². The number of hydrogen-bond acceptors (Lipinski definition) is 7. The number of amides is 1. The molecule has 36 heavy (non-hydrogen) atoms. The van der Waals surface area contributed by atoms with Crippen molar-refractivity contribution in [2.45, 2.75) is 46.6 Å². The number of H-pyrrole nitrogens is 2. The second-order valence-corrected chi connectivity index (χ2v) is 9.61. The summed E-state index contributed by atoms with van der Waals surface area (Å²) in [5.74, 6) is -0.114. The van der Waals surface area contributed by atoms with Crippen LogP contribution in [-0.2, 0) is 12.0 Å². The molecule has 1 aromatic carbocycles. The maximum atomic E-state index is 15.0. The quantitative estimate of drug-likeness (QED) is 0.334. The van der Waals surface area contributed by atoms with E-state index in [0.29, 0.717) is 33.9 Å². The molecular weight excluding hydrogens is 463 g/mol. The lowest BCUT2D eigenvalue weighted by molar-refractivity contribution is 0.0906. The zero-order valence-corrected chi connectivity index (χ0v) is 20.5. The van der Waals surface area contributed by atoms with Crippen LogP contribution in [0, 0.1) is 19.7 Å². The van der Waals surface area contributed by atoms with Gasteiger partial charge in [0.1, 0.15) is 11.6 Å². The van der Waals surface area contributed by atoms with E-state index in [2.05, 4.69) is 40.6 Å². The van der Waals surface area contributed by atoms with Crippen LogP contribution in [0.15, 0.2) is 35.0 Å². The third kappa shape index (κ3) is 4.23. The van der Waals surface area contributed by atoms with Gasteiger partial charge in [-0.1, -0.05) is 38.1 Å². The molecule has 11 heteroatoms. The van der Waals surface area contributed by atoms with Gasteiger partial charge in [0, 0.05) is 35.0 Å². The number of aryl methyl sites for hydroxylation is 2. The topological polar surface area (TPSA) is 138 Å². The number of aromatic amines is 2. The first-order chi connectivity index (χ1) is 17.1. The largest absolute Gasteiger partial charge is 0.344 e. The summed E-state index contributed by atoms with van der Waals surface area (Å²) in [7, 11) is 0. The molecule has 0 unspecified atom stereocenters. The SMILES string of the molecule is Cc1n[nH]c(C)c1-c1nc2nccc(-c3ccc(CNC(=O)c4nc(C(C)(C)C)no4)c(F)c3)c2[nH]1. The van der Waals surface area contributed by atoms with E-state index in [1.807, 2.05) is 34.6 Å². The van der Waals surface area contributed by atoms with Gasteiger partial charge < -0.3 is 14.8 Å². The van der Waals surface area contributed by atoms with Crippen molar-refractivity contribution in [2.24, 2.45) is 0 Å². The Kier molecular flexibility index (Phi) is 5.62. The Balaban J connectivity index is 1.38. The summed E-state index contributed by atoms with van der Waals surface area (Å²) < 4.78 is 20.1. The molecule has 0 spiro atoms. The van der Waals surface area contributed by atoms with Gasteiger partial charge in [0.25, 0.3) is 0 Å². The normalized spacial score (nSPS) is 11.8. The van der Waals surface area contributed by atoms with Crippen LogP contribution in [0.4, 0.5) is 4.39 Å². The van der Waals surface area contributed by atoms with Gasteiger partial charge in [-0.3, -0.25) is 9.89 Å². The molecule has 10 nitrogen and oxygen atoms in total. The first-order valence-corrected chi connectivity index (χ1v) is 11.4. The summed E-state index contributed by atoms with van der Waals surface area (Å²) in [6.45, 7) is 9.53. The minimum Gasteiger partial charge on any atom is -0.344 e. The Morgan fingerprint density at radius 1 is 1.17 bits per heavy atom. The number of benzene rings is 1. The zero-order chi connectivity index (χ0) is 25.6. The van der Waals surface area contributed by atoms with E-state index in [1.54, 1.807) is 24.4 Å². The molecule has 5 aromatic rings. The van der Waals surface area contributed by atoms with E-state index in [1.165, 1.54) is 6.07 Å². The van der Waals surface area contributed by atoms with Gasteiger partial charge in [-0.05, 0) is 31.5 Å². The van der Waals surface area contributed by atoms with Crippen molar-refractivity contribution in [3.8, 4) is 22.5 Å². The van der Waals surface area contributed by atoms with Gasteiger partial charge in [-0.2, -0.15) is 10.1 Å². The molecule has 0 aliphatic heterocycles. The van der Waals surface area contributed by atoms with Crippen molar-refractivity contribution in [3.63, 3.8) is 0 Å². The fraction of sp³-hybridized carbons (Fsp3) is 0.280. The van der Waals surface area contributed by atoms with E-state index in [4.69, 9.17) is 4.52 Å². The van der Waals surface area contributed by atoms with Crippen LogP contribution in [0.2, 0.25) is 0 Å². The smallest absolute Gasteiger partial charge is 0.315 e. The minimum atomic E-state index is -0.563. The van der Waals surface area contributed by atoms with Crippen LogP contribution in [0.1, 0.15) is 54.2 Å². The lowest BCUT2D eigenvalue weighted by Gasteiger charge is -2.10. The van der Waals surface area contributed by atoms with Gasteiger partial charge in [0.15, 0.2) is 11.5 Å². The van der Waals surface area contributed by atoms with Crippen molar-refractivity contribution >= 4 is 17.1 Å². The predicted molar refractivity (Wildman–Crippen MR) is 131 cm³/mol. The first kappa shape index (κ1) is 23.3. The highest BCUT2D eigenvalue weighted by Gasteiger charge is 2.24. The second-order valence-electron chi connectivity index (χ2n) is 9.61. The van der Waals surface area contributed by atoms with Gasteiger partial charge in [0.2, 0.25) is 0 Å². The van der Waals surface area contributed by atoms with Gasteiger partial charge in [-0.25, -0.2) is 14.4 Å². The third-order valence-electron chi connectivity index (χ3n) is 5.85. The van der Waals surface area contributed by atoms with Gasteiger partial charge in [-0.15, -0.1) is 0 Å². The van der Waals surface area contributed by atoms with Gasteiger partial charge in [0.05, 0.1) is 16.8 Å². The minimum absolute atomic E-state index is 0.0306. The van der Waals surface area contributed by atoms with E-state index in [-0.39, 0.29) is 17.9 Å². The van der Waals surface area contributed by atoms with Crippen LogP contribution in [0.3, 0.4) is 0 Å². The van der Waals surface area contributed by atoms with Crippen LogP contribution >= 0.6 is 0 Å². The molecule has 0 aliphatic carbocycles. The zero-order valence-electron chi connectivity index (χ0n) is 20.5. The van der Waals surface area contributed by atoms with Crippen molar-refractivity contribution < 1.29 is 13.7 Å². The highest BCUT2D eigenvalue weighted by atomic mass is 19.1. The molecule has 1 amide bonds. The molecule has 0 saturated carbocycles. The van der Waals surface area contributed by atoms with Crippen molar-refractivity contribution in [1.29, 1.82) is 0 Å². The first-order valence-electron chi connectivity index (χ1n) is 11.4. The number of carbonyl (C=O) groups is 1. The molecule has 0 bridgehead atoms. The molecule has 3 N–H and O–H groups in total. The third-order valence-corrected chi connectivity index (χ3v) is 5.85. The molecule has 0 radical (unpaired) electrons. The number of aromatic nitrogens is 7. The van der Waals surface area contributed by atoms with Crippen LogP contribution in [-0.4, -0.2) is 41.2 Å². The summed E-state index contributed by atoms with van der Waals surface area (Å²) in [5, 5.41) is 13.6. The number of carbonyl (C=O) groups excluding carboxylic acids is 1. The van der Waals surface area contributed by atoms with Crippen LogP contribution < -0.4 is 5.32 Å². The molecule has 0 fully saturated rings. The Morgan fingerprint density at radius 3 is 2.64 bits per heavy atom. The number of rotatable bonds is 5. The fourth-order valence-corrected chi connectivity index (χ4v) is 3.90. The summed E-state index contributed by atoms with van der Waals surface area (Å²) in [5.41, 5.74) is 5.18. The lowest BCUT2D eigenvalue weighted by atomic mass is 9.96. The molecule has 4 heterocycles. The highest BCUT2D eigenvalue weighted by Crippen LogP contribution is 2.31. The number of halogens is 1. The summed E-state index contributed by atoms with van der Waals surface area (Å²) in [4.78, 5) is 28.8. The standard InChI is InChI=1S/C25H25FN8O2/c1-12-18(13(2)33-32-12)20-29-19-16(8-9-27-21(19)30-20)14-6-7-15(17(26)10-14)11-28-22(35)23-31-24(34-36-23)25(3,4)5/h6-10H,11H2,1-5H3,(H,28,35)(H,32,33)(H,27,29,30). The average molecular weight is 489 g/mol. The predicted octanol–water partition coefficient (Wildman–Crippen LogP) is 4.38. The number of fused-ring (bicyclic) bond motifs is 1. The van der Waals surface area contributed by atoms with Gasteiger partial charge >= 0.3 is 11.8 Å². The summed E-state index contributed by atoms with van der Waals surface area (Å²) in [6, 6.07) is 6.65. The summed E-state index contributed by atoms with van der Waals surface area (Å²) >= 11 is 0. The number of nitrogens with zero attached hydrogens (tertiary/aromatic N) is 5. The van der Waals surface area contributed by atoms with Crippen LogP contribution in [0.25, 0.3) is 33.7 Å². The number of imidazole rings is 1. The monoisotopic (exact) mass is 488 g/mol. The van der Waals surface area contributed by atoms with E-state index in [0.717, 1.165) is 22.5 Å². The van der Waals surface area contributed by atoms with Crippen molar-refractivity contribution in [2.75, 3.05) is 0 Å². The van der Waals surface area contributed by atoms with E-state index >= 15 is 4.39 Å². The van der Waals surface area contributed by atoms with Crippen molar-refractivity contribution in [3.05, 3.63) is 64.9 Å². The summed E-state index contributed by atoms with van der Waals surface area (Å²) in [6.07, 6.45) is 1.64. The number of hydrogen-bond donors (Lipinski definition) is 3. The maximum absolute atomic E-state index is 15.0. The number of nitrogens with one attached hydrogen (secondary N) is 3. The molecule has 0 aliphatic rings. The van der Waals surface area contributed by atoms with E-state index < -0.39 is 11.7 Å². The van der Waals surface area contributed by atoms with E-state index in [9.17, 15) is 4.79 Å². The Morgan fingerprint density at radius 2 is 1.97 bits per heavy atom. The number of pyridine rings is 1. The highest BCUT2D eigenvalue weighted by molar-refractivity contribution is 5.92. The maximum Gasteiger partial charge on any atom is 0.315 e. The molecule has 5 rings (SSSR count). The lowest BCUT2D eigenvalue weighted by Crippen LogP contribution is -2.24. The molecule has 0 saturated heterocycles. The fourth-order valence-electron chi connectivity index (χ4n) is 3.90. The Labute approximate surface area is 205 Å². The molecule has 4 aromatic heterocycles. The second kappa shape index (κ2) is 8.67. The molecule has 0 atom stereocenters. The average Bonchev–Trinajstić information content (AvgIpc) is 3.55. The Bertz CT molecular complexity index is 1570. The van der Waals surface area contributed by atoms with Crippen molar-refractivity contribution in [1.82, 2.24) is 40.6 Å². The Hall–Kier alpha value is -4.41.